The van der Waals surface area contributed by atoms with Crippen molar-refractivity contribution in [2.45, 2.75) is 83.8 Å². The van der Waals surface area contributed by atoms with Crippen molar-refractivity contribution in [1.82, 2.24) is 5.32 Å². The third kappa shape index (κ3) is 4.89. The Balaban J connectivity index is 1.70. The molecule has 0 saturated heterocycles. The Labute approximate surface area is 164 Å². The molecule has 2 aliphatic carbocycles. The van der Waals surface area contributed by atoms with Crippen molar-refractivity contribution in [2.24, 2.45) is 0 Å². The number of amides is 2. The maximum absolute atomic E-state index is 12.8. The Hall–Kier alpha value is -1.89. The van der Waals surface area contributed by atoms with Gasteiger partial charge in [0.25, 0.3) is 5.91 Å². The van der Waals surface area contributed by atoms with E-state index in [1.54, 1.807) is 6.92 Å². The highest BCUT2D eigenvalue weighted by Crippen LogP contribution is 2.38. The maximum Gasteiger partial charge on any atom is 0.342 e. The van der Waals surface area contributed by atoms with Gasteiger partial charge in [0.15, 0.2) is 6.10 Å². The highest BCUT2D eigenvalue weighted by Gasteiger charge is 2.29. The molecule has 2 aliphatic rings. The first-order valence-electron chi connectivity index (χ1n) is 9.89. The smallest absolute Gasteiger partial charge is 0.342 e. The molecule has 2 N–H and O–H groups in total. The van der Waals surface area contributed by atoms with Crippen LogP contribution in [0.1, 0.15) is 79.6 Å². The first-order valence-corrected chi connectivity index (χ1v) is 10.7. The number of hydrogen-bond donors (Lipinski definition) is 2. The highest BCUT2D eigenvalue weighted by molar-refractivity contribution is 7.17. The Morgan fingerprint density at radius 3 is 2.48 bits per heavy atom. The first kappa shape index (κ1) is 19.9. The van der Waals surface area contributed by atoms with Crippen molar-refractivity contribution < 1.29 is 19.1 Å². The van der Waals surface area contributed by atoms with Gasteiger partial charge in [0.1, 0.15) is 5.00 Å². The lowest BCUT2D eigenvalue weighted by molar-refractivity contribution is -0.130. The first-order chi connectivity index (χ1) is 13.0. The fraction of sp³-hybridized carbons (Fsp3) is 0.650. The van der Waals surface area contributed by atoms with Gasteiger partial charge in [-0.15, -0.1) is 11.3 Å². The van der Waals surface area contributed by atoms with Crippen LogP contribution in [0.5, 0.6) is 0 Å². The molecule has 1 aromatic heterocycles. The Morgan fingerprint density at radius 1 is 1.07 bits per heavy atom. The third-order valence-electron chi connectivity index (χ3n) is 5.27. The fourth-order valence-electron chi connectivity index (χ4n) is 3.87. The second kappa shape index (κ2) is 8.87. The van der Waals surface area contributed by atoms with Crippen LogP contribution in [0.15, 0.2) is 0 Å². The predicted molar refractivity (Wildman–Crippen MR) is 105 cm³/mol. The molecule has 1 aromatic rings. The minimum Gasteiger partial charge on any atom is -0.449 e. The van der Waals surface area contributed by atoms with Crippen LogP contribution in [-0.2, 0) is 27.2 Å². The number of ether oxygens (including phenoxy) is 1. The van der Waals surface area contributed by atoms with Crippen LogP contribution in [0.2, 0.25) is 0 Å². The van der Waals surface area contributed by atoms with Gasteiger partial charge >= 0.3 is 5.97 Å². The van der Waals surface area contributed by atoms with E-state index in [9.17, 15) is 14.4 Å². The van der Waals surface area contributed by atoms with Crippen LogP contribution < -0.4 is 10.6 Å². The number of anilines is 1. The van der Waals surface area contributed by atoms with Gasteiger partial charge in [0, 0.05) is 17.8 Å². The van der Waals surface area contributed by atoms with E-state index in [4.69, 9.17) is 4.74 Å². The van der Waals surface area contributed by atoms with Crippen LogP contribution in [-0.4, -0.2) is 29.9 Å². The summed E-state index contributed by atoms with van der Waals surface area (Å²) in [6.07, 6.45) is 8.39. The summed E-state index contributed by atoms with van der Waals surface area (Å²) < 4.78 is 5.49. The average Bonchev–Trinajstić information content (AvgIpc) is 2.99. The summed E-state index contributed by atoms with van der Waals surface area (Å²) in [6, 6.07) is 0.177. The number of fused-ring (bicyclic) bond motifs is 1. The predicted octanol–water partition coefficient (Wildman–Crippen LogP) is 3.58. The summed E-state index contributed by atoms with van der Waals surface area (Å²) in [5.41, 5.74) is 1.40. The number of hydrogen-bond acceptors (Lipinski definition) is 5. The van der Waals surface area contributed by atoms with E-state index in [0.29, 0.717) is 10.6 Å². The second-order valence-electron chi connectivity index (χ2n) is 7.49. The molecule has 0 aliphatic heterocycles. The summed E-state index contributed by atoms with van der Waals surface area (Å²) in [5, 5.41) is 6.29. The zero-order valence-corrected chi connectivity index (χ0v) is 16.9. The van der Waals surface area contributed by atoms with Crippen LogP contribution in [0.25, 0.3) is 0 Å². The lowest BCUT2D eigenvalue weighted by Crippen LogP contribution is -2.42. The number of carbonyl (C=O) groups excluding carboxylic acids is 3. The zero-order chi connectivity index (χ0) is 19.4. The Bertz CT molecular complexity index is 722. The number of nitrogens with one attached hydrogen (secondary N) is 2. The van der Waals surface area contributed by atoms with Crippen LogP contribution in [0.4, 0.5) is 5.00 Å². The van der Waals surface area contributed by atoms with Gasteiger partial charge in [-0.25, -0.2) is 4.79 Å². The van der Waals surface area contributed by atoms with Gasteiger partial charge in [-0.3, -0.25) is 9.59 Å². The highest BCUT2D eigenvalue weighted by atomic mass is 32.1. The quantitative estimate of drug-likeness (QED) is 0.750. The standard InChI is InChI=1S/C20H28N2O4S/c1-12(18(24)22-14-8-4-3-5-9-14)26-20(25)17-15-10-6-7-11-16(15)27-19(17)21-13(2)23/h12,14H,3-11H2,1-2H3,(H,21,23)(H,22,24). The molecule has 0 aromatic carbocycles. The second-order valence-corrected chi connectivity index (χ2v) is 8.59. The zero-order valence-electron chi connectivity index (χ0n) is 16.1. The SMILES string of the molecule is CC(=O)Nc1sc2c(c1C(=O)OC(C)C(=O)NC1CCCCC1)CCCC2. The van der Waals surface area contributed by atoms with Gasteiger partial charge in [-0.05, 0) is 51.0 Å². The fourth-order valence-corrected chi connectivity index (χ4v) is 5.19. The van der Waals surface area contributed by atoms with Crippen molar-refractivity contribution in [2.75, 3.05) is 5.32 Å². The van der Waals surface area contributed by atoms with E-state index in [-0.39, 0.29) is 17.9 Å². The van der Waals surface area contributed by atoms with Crippen LogP contribution >= 0.6 is 11.3 Å². The normalized spacial score (nSPS) is 18.3. The average molecular weight is 393 g/mol. The van der Waals surface area contributed by atoms with Crippen molar-refractivity contribution in [3.05, 3.63) is 16.0 Å². The number of carbonyl (C=O) groups is 3. The number of esters is 1. The summed E-state index contributed by atoms with van der Waals surface area (Å²) in [6.45, 7) is 3.03. The number of aryl methyl sites for hydroxylation is 1. The van der Waals surface area contributed by atoms with Crippen molar-refractivity contribution in [3.63, 3.8) is 0 Å². The molecule has 1 unspecified atom stereocenters. The molecule has 27 heavy (non-hydrogen) atoms. The maximum atomic E-state index is 12.8. The lowest BCUT2D eigenvalue weighted by atomic mass is 9.95. The lowest BCUT2D eigenvalue weighted by Gasteiger charge is -2.24. The van der Waals surface area contributed by atoms with Gasteiger partial charge < -0.3 is 15.4 Å². The minimum atomic E-state index is -0.858. The summed E-state index contributed by atoms with van der Waals surface area (Å²) in [4.78, 5) is 37.9. The molecule has 148 valence electrons. The molecule has 1 heterocycles. The van der Waals surface area contributed by atoms with Gasteiger partial charge in [0.05, 0.1) is 5.56 Å². The van der Waals surface area contributed by atoms with Crippen molar-refractivity contribution in [1.29, 1.82) is 0 Å². The molecule has 3 rings (SSSR count). The van der Waals surface area contributed by atoms with Gasteiger partial charge in [0.2, 0.25) is 5.91 Å². The van der Waals surface area contributed by atoms with Gasteiger partial charge in [-0.1, -0.05) is 19.3 Å². The van der Waals surface area contributed by atoms with E-state index in [2.05, 4.69) is 10.6 Å². The molecular formula is C20H28N2O4S. The summed E-state index contributed by atoms with van der Waals surface area (Å²) in [7, 11) is 0. The van der Waals surface area contributed by atoms with Crippen LogP contribution in [0.3, 0.4) is 0 Å². The number of thiophene rings is 1. The van der Waals surface area contributed by atoms with E-state index >= 15 is 0 Å². The van der Waals surface area contributed by atoms with Crippen molar-refractivity contribution >= 4 is 34.1 Å². The molecule has 7 heteroatoms. The van der Waals surface area contributed by atoms with E-state index in [1.165, 1.54) is 24.7 Å². The Kier molecular flexibility index (Phi) is 6.52. The summed E-state index contributed by atoms with van der Waals surface area (Å²) >= 11 is 1.45. The van der Waals surface area contributed by atoms with E-state index in [1.807, 2.05) is 0 Å². The molecule has 1 saturated carbocycles. The molecule has 6 nitrogen and oxygen atoms in total. The molecule has 0 radical (unpaired) electrons. The van der Waals surface area contributed by atoms with E-state index in [0.717, 1.165) is 61.8 Å². The topological polar surface area (TPSA) is 84.5 Å². The molecule has 0 spiro atoms. The molecule has 1 fully saturated rings. The Morgan fingerprint density at radius 2 is 1.78 bits per heavy atom. The van der Waals surface area contributed by atoms with Crippen molar-refractivity contribution in [3.8, 4) is 0 Å². The monoisotopic (exact) mass is 392 g/mol. The largest absolute Gasteiger partial charge is 0.449 e. The van der Waals surface area contributed by atoms with Crippen LogP contribution in [0, 0.1) is 0 Å². The summed E-state index contributed by atoms with van der Waals surface area (Å²) in [5.74, 6) is -0.990. The number of rotatable bonds is 5. The third-order valence-corrected chi connectivity index (χ3v) is 6.48. The minimum absolute atomic E-state index is 0.177. The molecule has 0 bridgehead atoms. The molecule has 2 amide bonds. The molecule has 1 atom stereocenters. The molecular weight excluding hydrogens is 364 g/mol. The van der Waals surface area contributed by atoms with E-state index < -0.39 is 12.1 Å². The van der Waals surface area contributed by atoms with Gasteiger partial charge in [-0.2, -0.15) is 0 Å².